The van der Waals surface area contributed by atoms with Crippen molar-refractivity contribution in [3.05, 3.63) is 66.4 Å². The number of carbonyl (C=O) groups excluding carboxylic acids is 2. The summed E-state index contributed by atoms with van der Waals surface area (Å²) in [7, 11) is -2.42. The van der Waals surface area contributed by atoms with Crippen LogP contribution in [0.15, 0.2) is 70.2 Å². The number of nitrogens with one attached hydrogen (secondary N) is 2. The van der Waals surface area contributed by atoms with E-state index >= 15 is 0 Å². The van der Waals surface area contributed by atoms with Crippen molar-refractivity contribution >= 4 is 32.8 Å². The van der Waals surface area contributed by atoms with Crippen molar-refractivity contribution < 1.29 is 27.5 Å². The number of likely N-dealkylation sites (N-methyl/N-ethyl adjacent to an activating group) is 1. The van der Waals surface area contributed by atoms with Crippen molar-refractivity contribution in [2.24, 2.45) is 11.8 Å². The first-order valence-electron chi connectivity index (χ1n) is 13.9. The number of aliphatic hydroxyl groups excluding tert-OH is 1. The summed E-state index contributed by atoms with van der Waals surface area (Å²) in [5.41, 5.74) is 4.06. The first kappa shape index (κ1) is 32.3. The lowest BCUT2D eigenvalue weighted by Crippen LogP contribution is -2.60. The number of hydrazine groups is 1. The Kier molecular flexibility index (Phi) is 11.5. The molecule has 0 radical (unpaired) electrons. The van der Waals surface area contributed by atoms with Gasteiger partial charge in [0, 0.05) is 24.9 Å². The van der Waals surface area contributed by atoms with Crippen molar-refractivity contribution in [2.45, 2.75) is 57.6 Å². The predicted molar refractivity (Wildman–Crippen MR) is 158 cm³/mol. The first-order chi connectivity index (χ1) is 19.4. The maximum Gasteiger partial charge on any atom is 0.252 e. The van der Waals surface area contributed by atoms with Crippen LogP contribution in [-0.4, -0.2) is 73.5 Å². The third kappa shape index (κ3) is 8.87. The summed E-state index contributed by atoms with van der Waals surface area (Å²) in [6, 6.07) is 14.7. The van der Waals surface area contributed by atoms with E-state index in [1.165, 1.54) is 21.6 Å². The van der Waals surface area contributed by atoms with E-state index in [1.807, 2.05) is 58.0 Å². The molecule has 2 amide bonds. The normalized spacial score (nSPS) is 13.6. The topological polar surface area (TPSA) is 132 Å². The molecule has 1 heterocycles. The number of rotatable bonds is 14. The third-order valence-electron chi connectivity index (χ3n) is 6.52. The van der Waals surface area contributed by atoms with Crippen LogP contribution in [0.5, 0.6) is 0 Å². The highest BCUT2D eigenvalue weighted by atomic mass is 32.2. The summed E-state index contributed by atoms with van der Waals surface area (Å²) in [5.74, 6) is -0.865. The van der Waals surface area contributed by atoms with Crippen LogP contribution in [0.3, 0.4) is 0 Å². The zero-order chi connectivity index (χ0) is 30.2. The van der Waals surface area contributed by atoms with E-state index in [9.17, 15) is 23.1 Å². The first-order valence-corrected chi connectivity index (χ1v) is 15.3. The number of nitrogens with zero attached hydrogens (tertiary/aromatic N) is 2. The van der Waals surface area contributed by atoms with Crippen molar-refractivity contribution in [1.82, 2.24) is 20.1 Å². The van der Waals surface area contributed by atoms with Gasteiger partial charge >= 0.3 is 0 Å². The molecule has 2 aromatic carbocycles. The van der Waals surface area contributed by atoms with E-state index in [1.54, 1.807) is 25.2 Å². The average molecular weight is 587 g/mol. The maximum atomic E-state index is 13.9. The lowest BCUT2D eigenvalue weighted by atomic mass is 9.99. The molecule has 224 valence electrons. The molecule has 0 aliphatic rings. The highest BCUT2D eigenvalue weighted by molar-refractivity contribution is 7.89. The minimum atomic E-state index is -4.03. The van der Waals surface area contributed by atoms with Crippen LogP contribution < -0.4 is 10.7 Å². The van der Waals surface area contributed by atoms with E-state index in [0.29, 0.717) is 11.0 Å². The van der Waals surface area contributed by atoms with Gasteiger partial charge in [0.2, 0.25) is 15.9 Å². The van der Waals surface area contributed by atoms with Gasteiger partial charge in [-0.3, -0.25) is 15.0 Å². The molecule has 0 aliphatic heterocycles. The van der Waals surface area contributed by atoms with Gasteiger partial charge in [0.05, 0.1) is 29.8 Å². The minimum Gasteiger partial charge on any atom is -0.464 e. The molecule has 0 saturated heterocycles. The summed E-state index contributed by atoms with van der Waals surface area (Å²) in [6.07, 6.45) is 0.502. The summed E-state index contributed by atoms with van der Waals surface area (Å²) in [6.45, 7) is 7.40. The Balaban J connectivity index is 2.01. The molecule has 41 heavy (non-hydrogen) atoms. The highest BCUT2D eigenvalue weighted by Crippen LogP contribution is 2.25. The third-order valence-corrected chi connectivity index (χ3v) is 8.35. The van der Waals surface area contributed by atoms with Gasteiger partial charge < -0.3 is 14.8 Å². The van der Waals surface area contributed by atoms with Crippen LogP contribution >= 0.6 is 0 Å². The molecule has 2 atom stereocenters. The fourth-order valence-electron chi connectivity index (χ4n) is 4.63. The van der Waals surface area contributed by atoms with Gasteiger partial charge in [0.15, 0.2) is 0 Å². The Bertz CT molecular complexity index is 1390. The molecule has 0 aliphatic carbocycles. The van der Waals surface area contributed by atoms with Gasteiger partial charge in [0.25, 0.3) is 5.91 Å². The summed E-state index contributed by atoms with van der Waals surface area (Å²) < 4.78 is 34.4. The van der Waals surface area contributed by atoms with Gasteiger partial charge in [0.1, 0.15) is 5.58 Å². The fraction of sp³-hybridized carbons (Fsp3) is 0.467. The number of hydrogen-bond donors (Lipinski definition) is 3. The molecule has 0 bridgehead atoms. The van der Waals surface area contributed by atoms with Crippen LogP contribution in [-0.2, 0) is 26.0 Å². The van der Waals surface area contributed by atoms with Crippen molar-refractivity contribution in [1.29, 1.82) is 0 Å². The van der Waals surface area contributed by atoms with Crippen LogP contribution in [0.4, 0.5) is 0 Å². The van der Waals surface area contributed by atoms with Crippen molar-refractivity contribution in [2.75, 3.05) is 26.7 Å². The van der Waals surface area contributed by atoms with Crippen LogP contribution in [0.2, 0.25) is 0 Å². The Morgan fingerprint density at radius 1 is 0.976 bits per heavy atom. The van der Waals surface area contributed by atoms with Gasteiger partial charge in [-0.25, -0.2) is 13.4 Å². The van der Waals surface area contributed by atoms with Crippen LogP contribution in [0.1, 0.15) is 39.7 Å². The molecule has 3 aromatic rings. The van der Waals surface area contributed by atoms with Crippen molar-refractivity contribution in [3.63, 3.8) is 0 Å². The van der Waals surface area contributed by atoms with E-state index in [2.05, 4.69) is 10.7 Å². The number of fused-ring (bicyclic) bond motifs is 1. The van der Waals surface area contributed by atoms with Crippen LogP contribution in [0.25, 0.3) is 11.0 Å². The second kappa shape index (κ2) is 14.6. The fourth-order valence-corrected chi connectivity index (χ4v) is 6.29. The average Bonchev–Trinajstić information content (AvgIpc) is 3.38. The quantitative estimate of drug-likeness (QED) is 0.247. The Morgan fingerprint density at radius 2 is 1.68 bits per heavy atom. The number of carbonyl (C=O) groups is 2. The van der Waals surface area contributed by atoms with Gasteiger partial charge in [-0.1, -0.05) is 58.0 Å². The lowest BCUT2D eigenvalue weighted by molar-refractivity contribution is -0.148. The van der Waals surface area contributed by atoms with Gasteiger partial charge in [-0.05, 0) is 55.1 Å². The molecule has 3 N–H and O–H groups in total. The molecule has 0 fully saturated rings. The Labute approximate surface area is 242 Å². The molecule has 1 unspecified atom stereocenters. The molecule has 11 heteroatoms. The molecule has 0 spiro atoms. The Morgan fingerprint density at radius 3 is 2.32 bits per heavy atom. The van der Waals surface area contributed by atoms with E-state index in [-0.39, 0.29) is 55.1 Å². The van der Waals surface area contributed by atoms with Crippen molar-refractivity contribution in [3.8, 4) is 0 Å². The number of furan rings is 1. The number of amides is 2. The summed E-state index contributed by atoms with van der Waals surface area (Å²) in [5, 5.41) is 16.3. The van der Waals surface area contributed by atoms with Gasteiger partial charge in [-0.2, -0.15) is 4.31 Å². The summed E-state index contributed by atoms with van der Waals surface area (Å²) >= 11 is 0. The van der Waals surface area contributed by atoms with E-state index in [0.717, 1.165) is 5.56 Å². The van der Waals surface area contributed by atoms with Crippen LogP contribution in [0, 0.1) is 11.8 Å². The number of hydrogen-bond acceptors (Lipinski definition) is 7. The predicted octanol–water partition coefficient (Wildman–Crippen LogP) is 3.18. The number of aliphatic hydroxyl groups is 1. The van der Waals surface area contributed by atoms with Gasteiger partial charge in [-0.15, -0.1) is 0 Å². The molecule has 0 saturated carbocycles. The lowest BCUT2D eigenvalue weighted by Gasteiger charge is -2.37. The Hall–Kier alpha value is -3.25. The maximum absolute atomic E-state index is 13.9. The molecule has 10 nitrogen and oxygen atoms in total. The van der Waals surface area contributed by atoms with E-state index in [4.69, 9.17) is 4.42 Å². The second-order valence-electron chi connectivity index (χ2n) is 11.1. The second-order valence-corrected chi connectivity index (χ2v) is 13.0. The van der Waals surface area contributed by atoms with E-state index < -0.39 is 28.1 Å². The molecule has 1 aromatic heterocycles. The molecular formula is C30H42N4O6S. The zero-order valence-electron chi connectivity index (χ0n) is 24.4. The SMILES string of the molecule is CNCC(=O)NN(C(=O)CC(C)C)C(Cc1ccccc1)[C@H](O)CN(CC(C)C)S(=O)(=O)c1ccc2occc2c1. The largest absolute Gasteiger partial charge is 0.464 e. The summed E-state index contributed by atoms with van der Waals surface area (Å²) in [4.78, 5) is 26.2. The smallest absolute Gasteiger partial charge is 0.252 e. The monoisotopic (exact) mass is 586 g/mol. The highest BCUT2D eigenvalue weighted by Gasteiger charge is 2.36. The molecule has 3 rings (SSSR count). The number of benzene rings is 2. The molecular weight excluding hydrogens is 544 g/mol. The minimum absolute atomic E-state index is 0.00336. The zero-order valence-corrected chi connectivity index (χ0v) is 25.2. The standard InChI is InChI=1S/C30H42N4O6S/c1-21(2)15-30(37)34(32-29(36)18-31-5)26(16-23-9-7-6-8-10-23)27(35)20-33(19-22(3)4)41(38,39)25-11-12-28-24(17-25)13-14-40-28/h6-14,17,21-22,26-27,31,35H,15-16,18-20H2,1-5H3,(H,32,36)/t26?,27-/m1/s1. The number of sulfonamides is 1.